The Morgan fingerprint density at radius 2 is 1.91 bits per heavy atom. The van der Waals surface area contributed by atoms with Gasteiger partial charge in [0.25, 0.3) is 0 Å². The molecule has 6 unspecified atom stereocenters. The lowest BCUT2D eigenvalue weighted by molar-refractivity contribution is -0.130. The van der Waals surface area contributed by atoms with Gasteiger partial charge in [0.05, 0.1) is 0 Å². The van der Waals surface area contributed by atoms with Gasteiger partial charge in [-0.2, -0.15) is 0 Å². The summed E-state index contributed by atoms with van der Waals surface area (Å²) in [6, 6.07) is 0.301. The lowest BCUT2D eigenvalue weighted by atomic mass is 9.48. The van der Waals surface area contributed by atoms with Crippen molar-refractivity contribution in [1.29, 1.82) is 0 Å². The Bertz CT molecular complexity index is 582. The Morgan fingerprint density at radius 3 is 2.65 bits per heavy atom. The lowest BCUT2D eigenvalue weighted by Crippen LogP contribution is -2.59. The second-order valence-corrected chi connectivity index (χ2v) is 9.00. The van der Waals surface area contributed by atoms with Crippen LogP contribution >= 0.6 is 0 Å². The minimum atomic E-state index is 0.0732. The van der Waals surface area contributed by atoms with Gasteiger partial charge in [-0.3, -0.25) is 9.59 Å². The fourth-order valence-corrected chi connectivity index (χ4v) is 7.00. The van der Waals surface area contributed by atoms with E-state index in [0.29, 0.717) is 23.7 Å². The van der Waals surface area contributed by atoms with Crippen LogP contribution in [0.3, 0.4) is 0 Å². The van der Waals surface area contributed by atoms with Crippen LogP contribution in [0.2, 0.25) is 0 Å². The van der Waals surface area contributed by atoms with Crippen LogP contribution in [0.15, 0.2) is 12.2 Å². The standard InChI is InChI=1S/C20H29NO2/c1-12(22)14-5-6-15-13-4-7-17-20(3,11-9-18(23)21-17)16(13)8-10-19(14,15)2/h9,11,13-17H,4-8,10H2,1-3H3,(H,21,23)/t13?,14?,15?,16?,17-,19?,20?/m0/s1. The molecule has 1 amide bonds. The van der Waals surface area contributed by atoms with Gasteiger partial charge in [-0.1, -0.05) is 19.9 Å². The van der Waals surface area contributed by atoms with Crippen LogP contribution in [0.25, 0.3) is 0 Å². The Morgan fingerprint density at radius 1 is 1.13 bits per heavy atom. The summed E-state index contributed by atoms with van der Waals surface area (Å²) in [6.07, 6.45) is 10.9. The van der Waals surface area contributed by atoms with Gasteiger partial charge in [0.2, 0.25) is 5.91 Å². The van der Waals surface area contributed by atoms with Gasteiger partial charge in [-0.25, -0.2) is 0 Å². The van der Waals surface area contributed by atoms with E-state index in [0.717, 1.165) is 18.8 Å². The number of fused-ring (bicyclic) bond motifs is 5. The molecule has 3 saturated carbocycles. The van der Waals surface area contributed by atoms with Gasteiger partial charge in [0.1, 0.15) is 5.78 Å². The van der Waals surface area contributed by atoms with Gasteiger partial charge in [-0.15, -0.1) is 0 Å². The summed E-state index contributed by atoms with van der Waals surface area (Å²) in [5, 5.41) is 3.21. The van der Waals surface area contributed by atoms with Crippen LogP contribution in [-0.4, -0.2) is 17.7 Å². The topological polar surface area (TPSA) is 46.2 Å². The molecule has 1 N–H and O–H groups in total. The molecule has 7 atom stereocenters. The van der Waals surface area contributed by atoms with Gasteiger partial charge < -0.3 is 5.32 Å². The van der Waals surface area contributed by atoms with E-state index in [9.17, 15) is 9.59 Å². The molecule has 3 aliphatic carbocycles. The summed E-state index contributed by atoms with van der Waals surface area (Å²) >= 11 is 0. The van der Waals surface area contributed by atoms with Crippen molar-refractivity contribution in [3.05, 3.63) is 12.2 Å². The van der Waals surface area contributed by atoms with Crippen molar-refractivity contribution < 1.29 is 9.59 Å². The zero-order valence-corrected chi connectivity index (χ0v) is 14.6. The maximum Gasteiger partial charge on any atom is 0.243 e. The third kappa shape index (κ3) is 2.01. The highest BCUT2D eigenvalue weighted by atomic mass is 16.1. The normalized spacial score (nSPS) is 51.4. The Balaban J connectivity index is 1.66. The average molecular weight is 315 g/mol. The summed E-state index contributed by atoms with van der Waals surface area (Å²) < 4.78 is 0. The van der Waals surface area contributed by atoms with E-state index in [-0.39, 0.29) is 22.7 Å². The summed E-state index contributed by atoms with van der Waals surface area (Å²) in [4.78, 5) is 23.9. The predicted molar refractivity (Wildman–Crippen MR) is 89.6 cm³/mol. The highest BCUT2D eigenvalue weighted by molar-refractivity contribution is 5.89. The largest absolute Gasteiger partial charge is 0.349 e. The molecule has 3 fully saturated rings. The van der Waals surface area contributed by atoms with Crippen molar-refractivity contribution in [2.24, 2.45) is 34.5 Å². The monoisotopic (exact) mass is 315 g/mol. The van der Waals surface area contributed by atoms with Crippen molar-refractivity contribution in [3.8, 4) is 0 Å². The van der Waals surface area contributed by atoms with E-state index >= 15 is 0 Å². The molecule has 0 radical (unpaired) electrons. The van der Waals surface area contributed by atoms with E-state index in [1.807, 2.05) is 0 Å². The van der Waals surface area contributed by atoms with Crippen LogP contribution in [0, 0.1) is 34.5 Å². The van der Waals surface area contributed by atoms with Crippen LogP contribution < -0.4 is 5.32 Å². The number of hydrogen-bond donors (Lipinski definition) is 1. The summed E-state index contributed by atoms with van der Waals surface area (Å²) in [5.41, 5.74) is 0.324. The summed E-state index contributed by atoms with van der Waals surface area (Å²) in [6.45, 7) is 6.53. The van der Waals surface area contributed by atoms with Crippen molar-refractivity contribution in [1.82, 2.24) is 5.32 Å². The van der Waals surface area contributed by atoms with E-state index in [1.165, 1.54) is 25.7 Å². The highest BCUT2D eigenvalue weighted by Crippen LogP contribution is 2.65. The minimum Gasteiger partial charge on any atom is -0.349 e. The molecule has 4 rings (SSSR count). The Kier molecular flexibility index (Phi) is 3.31. The van der Waals surface area contributed by atoms with Gasteiger partial charge >= 0.3 is 0 Å². The molecule has 0 bridgehead atoms. The van der Waals surface area contributed by atoms with Gasteiger partial charge in [0, 0.05) is 17.4 Å². The molecule has 126 valence electrons. The van der Waals surface area contributed by atoms with Crippen LogP contribution in [-0.2, 0) is 9.59 Å². The Hall–Kier alpha value is -1.12. The maximum atomic E-state index is 12.1. The van der Waals surface area contributed by atoms with Crippen LogP contribution in [0.5, 0.6) is 0 Å². The second kappa shape index (κ2) is 4.94. The molecule has 0 spiro atoms. The first-order valence-electron chi connectivity index (χ1n) is 9.36. The van der Waals surface area contributed by atoms with Crippen LogP contribution in [0.4, 0.5) is 0 Å². The summed E-state index contributed by atoms with van der Waals surface area (Å²) in [7, 11) is 0. The predicted octanol–water partition coefficient (Wildman–Crippen LogP) is 3.49. The van der Waals surface area contributed by atoms with Crippen molar-refractivity contribution in [2.45, 2.75) is 65.3 Å². The quantitative estimate of drug-likeness (QED) is 0.805. The van der Waals surface area contributed by atoms with E-state index in [1.54, 1.807) is 13.0 Å². The molecular weight excluding hydrogens is 286 g/mol. The molecular formula is C20H29NO2. The molecule has 3 heteroatoms. The fraction of sp³-hybridized carbons (Fsp3) is 0.800. The number of carbonyl (C=O) groups excluding carboxylic acids is 2. The number of nitrogens with one attached hydrogen (secondary N) is 1. The van der Waals surface area contributed by atoms with Gasteiger partial charge in [-0.05, 0) is 74.7 Å². The number of Topliss-reactive ketones (excluding diaryl/α,β-unsaturated/α-hetero) is 1. The smallest absolute Gasteiger partial charge is 0.243 e. The molecule has 1 aliphatic heterocycles. The molecule has 0 aromatic carbocycles. The first-order valence-corrected chi connectivity index (χ1v) is 9.36. The third-order valence-electron chi connectivity index (χ3n) is 8.18. The molecule has 4 aliphatic rings. The number of ketones is 1. The zero-order chi connectivity index (χ0) is 16.4. The second-order valence-electron chi connectivity index (χ2n) is 9.00. The molecule has 0 aromatic rings. The zero-order valence-electron chi connectivity index (χ0n) is 14.6. The van der Waals surface area contributed by atoms with Crippen molar-refractivity contribution in [2.75, 3.05) is 0 Å². The van der Waals surface area contributed by atoms with E-state index in [4.69, 9.17) is 0 Å². The summed E-state index contributed by atoms with van der Waals surface area (Å²) in [5.74, 6) is 2.82. The number of hydrogen-bond acceptors (Lipinski definition) is 2. The van der Waals surface area contributed by atoms with E-state index in [2.05, 4.69) is 25.2 Å². The first kappa shape index (κ1) is 15.4. The van der Waals surface area contributed by atoms with Crippen molar-refractivity contribution >= 4 is 11.7 Å². The SMILES string of the molecule is CC(=O)C1CCC2C3CC[C@@H]4NC(=O)C=CC4(C)C3CCC12C. The molecule has 0 saturated heterocycles. The number of amides is 1. The molecule has 1 heterocycles. The fourth-order valence-electron chi connectivity index (χ4n) is 7.00. The lowest BCUT2D eigenvalue weighted by Gasteiger charge is -2.58. The third-order valence-corrected chi connectivity index (χ3v) is 8.18. The minimum absolute atomic E-state index is 0.0732. The molecule has 23 heavy (non-hydrogen) atoms. The van der Waals surface area contributed by atoms with Crippen molar-refractivity contribution in [3.63, 3.8) is 0 Å². The molecule has 0 aromatic heterocycles. The maximum absolute atomic E-state index is 12.1. The average Bonchev–Trinajstić information content (AvgIpc) is 2.85. The molecule has 3 nitrogen and oxygen atoms in total. The first-order chi connectivity index (χ1) is 10.9. The number of carbonyl (C=O) groups is 2. The highest BCUT2D eigenvalue weighted by Gasteiger charge is 2.60. The van der Waals surface area contributed by atoms with Gasteiger partial charge in [0.15, 0.2) is 0 Å². The van der Waals surface area contributed by atoms with Crippen LogP contribution in [0.1, 0.15) is 59.3 Å². The number of rotatable bonds is 1. The Labute approximate surface area is 139 Å². The van der Waals surface area contributed by atoms with E-state index < -0.39 is 0 Å².